The molecule has 0 bridgehead atoms. The molecule has 1 unspecified atom stereocenters. The summed E-state index contributed by atoms with van der Waals surface area (Å²) in [5.41, 5.74) is 4.44. The van der Waals surface area contributed by atoms with Gasteiger partial charge in [0.1, 0.15) is 0 Å². The van der Waals surface area contributed by atoms with Gasteiger partial charge in [0.05, 0.1) is 0 Å². The number of anilines is 1. The molecule has 0 aliphatic carbocycles. The molecule has 0 spiro atoms. The number of nitrogens with one attached hydrogen (secondary N) is 1. The minimum absolute atomic E-state index is 0.652. The van der Waals surface area contributed by atoms with E-state index < -0.39 is 0 Å². The van der Waals surface area contributed by atoms with Gasteiger partial charge in [-0.05, 0) is 30.5 Å². The van der Waals surface area contributed by atoms with Crippen molar-refractivity contribution in [3.63, 3.8) is 0 Å². The van der Waals surface area contributed by atoms with E-state index in [-0.39, 0.29) is 0 Å². The highest BCUT2D eigenvalue weighted by Crippen LogP contribution is 2.33. The molecule has 1 atom stereocenters. The van der Waals surface area contributed by atoms with Crippen molar-refractivity contribution in [1.29, 1.82) is 0 Å². The third kappa shape index (κ3) is 2.13. The molecule has 2 aliphatic heterocycles. The van der Waals surface area contributed by atoms with Gasteiger partial charge in [0.2, 0.25) is 0 Å². The number of rotatable bonds is 2. The van der Waals surface area contributed by atoms with E-state index in [0.717, 1.165) is 13.1 Å². The number of hydrogen-bond acceptors (Lipinski definition) is 3. The van der Waals surface area contributed by atoms with Gasteiger partial charge in [-0.25, -0.2) is 0 Å². The maximum absolute atomic E-state index is 3.42. The number of aryl methyl sites for hydroxylation is 1. The molecular formula is C15H23N3. The zero-order chi connectivity index (χ0) is 12.5. The van der Waals surface area contributed by atoms with Gasteiger partial charge in [0, 0.05) is 51.5 Å². The van der Waals surface area contributed by atoms with E-state index in [2.05, 4.69) is 47.3 Å². The summed E-state index contributed by atoms with van der Waals surface area (Å²) in [5, 5.41) is 3.42. The number of hydrogen-bond donors (Lipinski definition) is 1. The summed E-state index contributed by atoms with van der Waals surface area (Å²) in [6.45, 7) is 8.11. The van der Waals surface area contributed by atoms with Gasteiger partial charge in [-0.15, -0.1) is 0 Å². The fourth-order valence-corrected chi connectivity index (χ4v) is 3.23. The Morgan fingerprint density at radius 3 is 2.78 bits per heavy atom. The van der Waals surface area contributed by atoms with E-state index in [9.17, 15) is 0 Å². The predicted molar refractivity (Wildman–Crippen MR) is 76.4 cm³/mol. The Bertz CT molecular complexity index is 424. The van der Waals surface area contributed by atoms with Gasteiger partial charge < -0.3 is 10.2 Å². The number of nitrogens with zero attached hydrogens (tertiary/aromatic N) is 2. The molecule has 3 rings (SSSR count). The summed E-state index contributed by atoms with van der Waals surface area (Å²) >= 11 is 0. The van der Waals surface area contributed by atoms with Gasteiger partial charge in [0.25, 0.3) is 0 Å². The Kier molecular flexibility index (Phi) is 3.27. The number of likely N-dealkylation sites (N-methyl/N-ethyl adjacent to an activating group) is 1. The van der Waals surface area contributed by atoms with Crippen LogP contribution in [0, 0.1) is 6.92 Å². The van der Waals surface area contributed by atoms with Crippen molar-refractivity contribution >= 4 is 5.69 Å². The first-order valence-electron chi connectivity index (χ1n) is 7.00. The second-order valence-corrected chi connectivity index (χ2v) is 5.59. The Morgan fingerprint density at radius 2 is 2.06 bits per heavy atom. The molecule has 0 amide bonds. The summed E-state index contributed by atoms with van der Waals surface area (Å²) in [5.74, 6) is 0. The fraction of sp³-hybridized carbons (Fsp3) is 0.600. The number of benzene rings is 1. The minimum Gasteiger partial charge on any atom is -0.370 e. The molecule has 1 fully saturated rings. The lowest BCUT2D eigenvalue weighted by atomic mass is 10.0. The van der Waals surface area contributed by atoms with Crippen molar-refractivity contribution in [1.82, 2.24) is 10.2 Å². The summed E-state index contributed by atoms with van der Waals surface area (Å²) in [7, 11) is 2.25. The minimum atomic E-state index is 0.652. The molecule has 3 heteroatoms. The van der Waals surface area contributed by atoms with Crippen LogP contribution in [-0.4, -0.2) is 50.7 Å². The maximum Gasteiger partial charge on any atom is 0.0455 e. The maximum atomic E-state index is 3.42. The first-order valence-corrected chi connectivity index (χ1v) is 7.00. The van der Waals surface area contributed by atoms with Gasteiger partial charge in [-0.2, -0.15) is 0 Å². The summed E-state index contributed by atoms with van der Waals surface area (Å²) in [6, 6.07) is 7.33. The van der Waals surface area contributed by atoms with Crippen LogP contribution >= 0.6 is 0 Å². The average molecular weight is 245 g/mol. The first-order chi connectivity index (χ1) is 8.75. The third-order valence-corrected chi connectivity index (χ3v) is 4.43. The molecule has 0 aromatic heterocycles. The summed E-state index contributed by atoms with van der Waals surface area (Å²) in [4.78, 5) is 5.07. The standard InChI is InChI=1S/C15H23N3/c1-12-4-3-5-15-14(12)10-13(17(15)2)11-18-8-6-16-7-9-18/h3-5,13,16H,6-11H2,1-2H3. The normalized spacial score (nSPS) is 24.3. The number of fused-ring (bicyclic) bond motifs is 1. The largest absolute Gasteiger partial charge is 0.370 e. The van der Waals surface area contributed by atoms with Gasteiger partial charge in [-0.3, -0.25) is 4.90 Å². The lowest BCUT2D eigenvalue weighted by molar-refractivity contribution is 0.227. The van der Waals surface area contributed by atoms with Crippen LogP contribution in [0.25, 0.3) is 0 Å². The molecule has 1 saturated heterocycles. The number of piperazine rings is 1. The molecule has 1 aromatic rings. The smallest absolute Gasteiger partial charge is 0.0455 e. The molecule has 1 aromatic carbocycles. The zero-order valence-electron chi connectivity index (χ0n) is 11.4. The highest BCUT2D eigenvalue weighted by molar-refractivity contribution is 5.61. The van der Waals surface area contributed by atoms with Crippen LogP contribution in [0.1, 0.15) is 11.1 Å². The van der Waals surface area contributed by atoms with Crippen molar-refractivity contribution in [2.24, 2.45) is 0 Å². The van der Waals surface area contributed by atoms with E-state index in [1.807, 2.05) is 0 Å². The Morgan fingerprint density at radius 1 is 1.28 bits per heavy atom. The zero-order valence-corrected chi connectivity index (χ0v) is 11.4. The molecule has 2 aliphatic rings. The second kappa shape index (κ2) is 4.90. The van der Waals surface area contributed by atoms with E-state index >= 15 is 0 Å². The Labute approximate surface area is 110 Å². The van der Waals surface area contributed by atoms with Gasteiger partial charge in [0.15, 0.2) is 0 Å². The van der Waals surface area contributed by atoms with Gasteiger partial charge >= 0.3 is 0 Å². The van der Waals surface area contributed by atoms with Crippen LogP contribution in [0.5, 0.6) is 0 Å². The monoisotopic (exact) mass is 245 g/mol. The molecule has 98 valence electrons. The first kappa shape index (κ1) is 12.0. The quantitative estimate of drug-likeness (QED) is 0.846. The average Bonchev–Trinajstić information content (AvgIpc) is 2.70. The highest BCUT2D eigenvalue weighted by atomic mass is 15.2. The molecule has 1 N–H and O–H groups in total. The van der Waals surface area contributed by atoms with E-state index in [1.165, 1.54) is 37.3 Å². The molecule has 0 radical (unpaired) electrons. The van der Waals surface area contributed by atoms with Crippen LogP contribution in [-0.2, 0) is 6.42 Å². The predicted octanol–water partition coefficient (Wildman–Crippen LogP) is 1.26. The molecule has 3 nitrogen and oxygen atoms in total. The van der Waals surface area contributed by atoms with Gasteiger partial charge in [-0.1, -0.05) is 12.1 Å². The van der Waals surface area contributed by atoms with E-state index in [1.54, 1.807) is 5.56 Å². The Balaban J connectivity index is 1.71. The molecular weight excluding hydrogens is 222 g/mol. The van der Waals surface area contributed by atoms with Crippen molar-refractivity contribution in [3.8, 4) is 0 Å². The molecule has 0 saturated carbocycles. The summed E-state index contributed by atoms with van der Waals surface area (Å²) in [6.07, 6.45) is 1.21. The van der Waals surface area contributed by atoms with Crippen LogP contribution in [0.4, 0.5) is 5.69 Å². The van der Waals surface area contributed by atoms with Crippen LogP contribution < -0.4 is 10.2 Å². The van der Waals surface area contributed by atoms with Crippen molar-refractivity contribution < 1.29 is 0 Å². The lowest BCUT2D eigenvalue weighted by Gasteiger charge is -2.32. The topological polar surface area (TPSA) is 18.5 Å². The molecule has 18 heavy (non-hydrogen) atoms. The lowest BCUT2D eigenvalue weighted by Crippen LogP contribution is -2.48. The van der Waals surface area contributed by atoms with Crippen LogP contribution in [0.3, 0.4) is 0 Å². The van der Waals surface area contributed by atoms with E-state index in [0.29, 0.717) is 6.04 Å². The van der Waals surface area contributed by atoms with Crippen molar-refractivity contribution in [2.75, 3.05) is 44.7 Å². The van der Waals surface area contributed by atoms with E-state index in [4.69, 9.17) is 0 Å². The fourth-order valence-electron chi connectivity index (χ4n) is 3.23. The second-order valence-electron chi connectivity index (χ2n) is 5.59. The van der Waals surface area contributed by atoms with Crippen LogP contribution in [0.15, 0.2) is 18.2 Å². The van der Waals surface area contributed by atoms with Crippen molar-refractivity contribution in [3.05, 3.63) is 29.3 Å². The highest BCUT2D eigenvalue weighted by Gasteiger charge is 2.29. The Hall–Kier alpha value is -1.06. The summed E-state index contributed by atoms with van der Waals surface area (Å²) < 4.78 is 0. The van der Waals surface area contributed by atoms with Crippen molar-refractivity contribution in [2.45, 2.75) is 19.4 Å². The SMILES string of the molecule is Cc1cccc2c1CC(CN1CCNCC1)N2C. The van der Waals surface area contributed by atoms with Crippen LogP contribution in [0.2, 0.25) is 0 Å². The molecule has 2 heterocycles. The third-order valence-electron chi connectivity index (χ3n) is 4.43.